The van der Waals surface area contributed by atoms with E-state index in [1.54, 1.807) is 0 Å². The molecule has 19 heavy (non-hydrogen) atoms. The molecule has 0 rings (SSSR count). The molecule has 7 heteroatoms. The Bertz CT molecular complexity index is 271. The number of carbonyl (C=O) groups excluding carboxylic acids is 1. The van der Waals surface area contributed by atoms with Crippen LogP contribution in [0, 0.1) is 5.92 Å². The minimum Gasteiger partial charge on any atom is -0.479 e. The second-order valence-electron chi connectivity index (χ2n) is 4.49. The van der Waals surface area contributed by atoms with Gasteiger partial charge in [0.25, 0.3) is 0 Å². The van der Waals surface area contributed by atoms with Crippen molar-refractivity contribution in [3.63, 3.8) is 0 Å². The fourth-order valence-electron chi connectivity index (χ4n) is 1.18. The number of hydrogen-bond acceptors (Lipinski definition) is 4. The normalized spacial score (nSPS) is 12.2. The third kappa shape index (κ3) is 10.3. The average molecular weight is 276 g/mol. The van der Waals surface area contributed by atoms with E-state index in [4.69, 9.17) is 9.84 Å². The van der Waals surface area contributed by atoms with E-state index in [9.17, 15) is 9.59 Å². The summed E-state index contributed by atoms with van der Waals surface area (Å²) < 4.78 is 9.99. The molecule has 0 saturated carbocycles. The van der Waals surface area contributed by atoms with E-state index in [1.165, 1.54) is 7.11 Å². The standard InChI is InChI=1S/C12H24N2O5/c1-9(2)4-6-19-7-5-13-12(17)14-8-10(18-3)11(15)16/h9-10H,4-8H2,1-3H3,(H,15,16)(H2,13,14,17). The molecule has 7 nitrogen and oxygen atoms in total. The van der Waals surface area contributed by atoms with Crippen LogP contribution in [0.2, 0.25) is 0 Å². The zero-order valence-electron chi connectivity index (χ0n) is 11.8. The molecule has 0 aliphatic rings. The molecule has 112 valence electrons. The van der Waals surface area contributed by atoms with E-state index in [-0.39, 0.29) is 6.54 Å². The van der Waals surface area contributed by atoms with Crippen molar-refractivity contribution in [3.8, 4) is 0 Å². The quantitative estimate of drug-likeness (QED) is 0.503. The number of carbonyl (C=O) groups is 2. The van der Waals surface area contributed by atoms with E-state index >= 15 is 0 Å². The molecule has 0 aliphatic heterocycles. The van der Waals surface area contributed by atoms with Gasteiger partial charge in [0.15, 0.2) is 6.10 Å². The lowest BCUT2D eigenvalue weighted by molar-refractivity contribution is -0.147. The zero-order chi connectivity index (χ0) is 14.7. The molecule has 0 bridgehead atoms. The highest BCUT2D eigenvalue weighted by atomic mass is 16.5. The molecule has 0 heterocycles. The average Bonchev–Trinajstić information content (AvgIpc) is 2.33. The molecule has 0 aliphatic carbocycles. The summed E-state index contributed by atoms with van der Waals surface area (Å²) >= 11 is 0. The monoisotopic (exact) mass is 276 g/mol. The molecular weight excluding hydrogens is 252 g/mol. The maximum absolute atomic E-state index is 11.3. The summed E-state index contributed by atoms with van der Waals surface area (Å²) in [6, 6.07) is -0.434. The lowest BCUT2D eigenvalue weighted by Gasteiger charge is -2.12. The van der Waals surface area contributed by atoms with E-state index in [1.807, 2.05) is 0 Å². The number of carboxylic acid groups (broad SMARTS) is 1. The zero-order valence-corrected chi connectivity index (χ0v) is 11.8. The highest BCUT2D eigenvalue weighted by Crippen LogP contribution is 1.98. The highest BCUT2D eigenvalue weighted by Gasteiger charge is 2.16. The van der Waals surface area contributed by atoms with Crippen LogP contribution in [0.25, 0.3) is 0 Å². The van der Waals surface area contributed by atoms with Crippen LogP contribution in [-0.2, 0) is 14.3 Å². The van der Waals surface area contributed by atoms with E-state index in [0.29, 0.717) is 25.7 Å². The third-order valence-corrected chi connectivity index (χ3v) is 2.38. The fourth-order valence-corrected chi connectivity index (χ4v) is 1.18. The Kier molecular flexibility index (Phi) is 9.82. The molecule has 3 N–H and O–H groups in total. The number of aliphatic carboxylic acids is 1. The van der Waals surface area contributed by atoms with Gasteiger partial charge in [0.2, 0.25) is 0 Å². The Balaban J connectivity index is 3.52. The van der Waals surface area contributed by atoms with E-state index in [0.717, 1.165) is 6.42 Å². The second-order valence-corrected chi connectivity index (χ2v) is 4.49. The summed E-state index contributed by atoms with van der Waals surface area (Å²) in [4.78, 5) is 21.9. The van der Waals surface area contributed by atoms with E-state index < -0.39 is 18.1 Å². The number of carboxylic acids is 1. The first-order valence-electron chi connectivity index (χ1n) is 6.32. The number of urea groups is 1. The Morgan fingerprint density at radius 2 is 1.89 bits per heavy atom. The van der Waals surface area contributed by atoms with Crippen LogP contribution in [0.4, 0.5) is 4.79 Å². The van der Waals surface area contributed by atoms with Gasteiger partial charge in [-0.3, -0.25) is 0 Å². The smallest absolute Gasteiger partial charge is 0.334 e. The number of nitrogens with one attached hydrogen (secondary N) is 2. The van der Waals surface area contributed by atoms with Gasteiger partial charge in [0.05, 0.1) is 13.2 Å². The van der Waals surface area contributed by atoms with Gasteiger partial charge in [-0.2, -0.15) is 0 Å². The third-order valence-electron chi connectivity index (χ3n) is 2.38. The van der Waals surface area contributed by atoms with E-state index in [2.05, 4.69) is 29.2 Å². The molecule has 0 fully saturated rings. The van der Waals surface area contributed by atoms with Crippen LogP contribution in [0.15, 0.2) is 0 Å². The molecular formula is C12H24N2O5. The van der Waals surface area contributed by atoms with Crippen LogP contribution in [0.3, 0.4) is 0 Å². The summed E-state index contributed by atoms with van der Waals surface area (Å²) in [6.07, 6.45) is -0.0478. The molecule has 0 aromatic rings. The number of rotatable bonds is 10. The minimum atomic E-state index is -1.11. The van der Waals surface area contributed by atoms with Crippen LogP contribution in [-0.4, -0.2) is 56.6 Å². The molecule has 1 unspecified atom stereocenters. The minimum absolute atomic E-state index is 0.0775. The lowest BCUT2D eigenvalue weighted by Crippen LogP contribution is -2.43. The summed E-state index contributed by atoms with van der Waals surface area (Å²) in [5.74, 6) is -0.516. The highest BCUT2D eigenvalue weighted by molar-refractivity contribution is 5.76. The van der Waals surface area contributed by atoms with Crippen molar-refractivity contribution in [3.05, 3.63) is 0 Å². The molecule has 0 spiro atoms. The Labute approximate surface area is 113 Å². The first-order chi connectivity index (χ1) is 8.97. The Hall–Kier alpha value is -1.34. The Morgan fingerprint density at radius 3 is 2.42 bits per heavy atom. The van der Waals surface area contributed by atoms with Crippen molar-refractivity contribution in [2.75, 3.05) is 33.4 Å². The number of ether oxygens (including phenoxy) is 2. The van der Waals surface area contributed by atoms with Crippen molar-refractivity contribution in [1.82, 2.24) is 10.6 Å². The van der Waals surface area contributed by atoms with Gasteiger partial charge in [-0.15, -0.1) is 0 Å². The first kappa shape index (κ1) is 17.7. The summed E-state index contributed by atoms with van der Waals surface area (Å²) in [5.41, 5.74) is 0. The predicted molar refractivity (Wildman–Crippen MR) is 70.1 cm³/mol. The van der Waals surface area contributed by atoms with Crippen molar-refractivity contribution < 1.29 is 24.2 Å². The van der Waals surface area contributed by atoms with Gasteiger partial charge in [-0.25, -0.2) is 9.59 Å². The van der Waals surface area contributed by atoms with Crippen LogP contribution in [0.1, 0.15) is 20.3 Å². The Morgan fingerprint density at radius 1 is 1.21 bits per heavy atom. The van der Waals surface area contributed by atoms with Crippen molar-refractivity contribution in [2.24, 2.45) is 5.92 Å². The molecule has 0 aromatic heterocycles. The molecule has 0 radical (unpaired) electrons. The molecule has 0 saturated heterocycles. The topological polar surface area (TPSA) is 96.9 Å². The van der Waals surface area contributed by atoms with Gasteiger partial charge < -0.3 is 25.2 Å². The number of amides is 2. The van der Waals surface area contributed by atoms with Gasteiger partial charge in [0.1, 0.15) is 0 Å². The van der Waals surface area contributed by atoms with Gasteiger partial charge >= 0.3 is 12.0 Å². The van der Waals surface area contributed by atoms with Gasteiger partial charge in [0, 0.05) is 20.3 Å². The van der Waals surface area contributed by atoms with Crippen LogP contribution in [0.5, 0.6) is 0 Å². The molecule has 1 atom stereocenters. The van der Waals surface area contributed by atoms with Crippen molar-refractivity contribution in [2.45, 2.75) is 26.4 Å². The van der Waals surface area contributed by atoms with Crippen molar-refractivity contribution >= 4 is 12.0 Å². The summed E-state index contributed by atoms with van der Waals surface area (Å²) in [7, 11) is 1.28. The lowest BCUT2D eigenvalue weighted by atomic mass is 10.1. The molecule has 0 aromatic carbocycles. The largest absolute Gasteiger partial charge is 0.479 e. The maximum atomic E-state index is 11.3. The van der Waals surface area contributed by atoms with Gasteiger partial charge in [-0.05, 0) is 12.3 Å². The van der Waals surface area contributed by atoms with Crippen molar-refractivity contribution in [1.29, 1.82) is 0 Å². The van der Waals surface area contributed by atoms with Gasteiger partial charge in [-0.1, -0.05) is 13.8 Å². The summed E-state index contributed by atoms with van der Waals surface area (Å²) in [6.45, 7) is 5.65. The number of methoxy groups -OCH3 is 1. The fraction of sp³-hybridized carbons (Fsp3) is 0.833. The second kappa shape index (κ2) is 10.6. The maximum Gasteiger partial charge on any atom is 0.334 e. The summed E-state index contributed by atoms with van der Waals surface area (Å²) in [5, 5.41) is 13.7. The van der Waals surface area contributed by atoms with Crippen LogP contribution >= 0.6 is 0 Å². The first-order valence-corrected chi connectivity index (χ1v) is 6.32. The number of hydrogen-bond donors (Lipinski definition) is 3. The SMILES string of the molecule is COC(CNC(=O)NCCOCCC(C)C)C(=O)O. The van der Waals surface area contributed by atoms with Crippen LogP contribution < -0.4 is 10.6 Å². The molecule has 2 amide bonds. The predicted octanol–water partition coefficient (Wildman–Crippen LogP) is 0.448.